The van der Waals surface area contributed by atoms with Crippen molar-refractivity contribution in [2.24, 2.45) is 0 Å². The molecule has 0 unspecified atom stereocenters. The number of aromatic nitrogens is 3. The Labute approximate surface area is 331 Å². The van der Waals surface area contributed by atoms with Crippen LogP contribution < -0.4 is 0 Å². The van der Waals surface area contributed by atoms with E-state index in [4.69, 9.17) is 0 Å². The molecule has 8 aromatic carbocycles. The van der Waals surface area contributed by atoms with Crippen LogP contribution >= 0.6 is 0 Å². The second kappa shape index (κ2) is 12.7. The van der Waals surface area contributed by atoms with Crippen LogP contribution in [-0.4, -0.2) is 13.7 Å². The van der Waals surface area contributed by atoms with Gasteiger partial charge in [-0.1, -0.05) is 127 Å². The van der Waals surface area contributed by atoms with E-state index in [1.165, 1.54) is 118 Å². The molecule has 0 atom stereocenters. The fraction of sp³-hybridized carbons (Fsp3) is 0.0741. The Balaban J connectivity index is 1.19. The molecule has 0 amide bonds. The van der Waals surface area contributed by atoms with Gasteiger partial charge in [-0.15, -0.1) is 0 Å². The molecule has 3 heteroatoms. The van der Waals surface area contributed by atoms with Crippen molar-refractivity contribution >= 4 is 71.0 Å². The molecule has 3 aromatic heterocycles. The Morgan fingerprint density at radius 2 is 0.895 bits per heavy atom. The number of para-hydroxylation sites is 5. The van der Waals surface area contributed by atoms with E-state index < -0.39 is 0 Å². The third kappa shape index (κ3) is 4.85. The van der Waals surface area contributed by atoms with Crippen LogP contribution in [0.3, 0.4) is 0 Å². The van der Waals surface area contributed by atoms with Crippen molar-refractivity contribution < 1.29 is 0 Å². The standard InChI is InChI=1S/C54H39N3/c1-3-17-36(18-4-1)38-33-39(37-19-5-2-6-20-37)35-40(34-38)55-49-29-14-10-24-45(49)53-50(55)30-16-31-51(53)57-48-28-13-9-23-43(48)44-25-15-32-52(54(44)57)56-46-26-11-7-21-41(46)42-22-8-12-27-47(42)56/h1,3-4,7-19,21-35H,2,5-6,20H2. The van der Waals surface area contributed by atoms with Crippen LogP contribution in [0.2, 0.25) is 0 Å². The molecule has 270 valence electrons. The molecule has 11 aromatic rings. The van der Waals surface area contributed by atoms with Crippen LogP contribution in [0.1, 0.15) is 31.2 Å². The van der Waals surface area contributed by atoms with Crippen molar-refractivity contribution in [3.63, 3.8) is 0 Å². The summed E-state index contributed by atoms with van der Waals surface area (Å²) in [6.45, 7) is 0. The summed E-state index contributed by atoms with van der Waals surface area (Å²) >= 11 is 0. The average molecular weight is 730 g/mol. The molecule has 0 N–H and O–H groups in total. The smallest absolute Gasteiger partial charge is 0.0782 e. The summed E-state index contributed by atoms with van der Waals surface area (Å²) < 4.78 is 7.53. The van der Waals surface area contributed by atoms with E-state index in [1.807, 2.05) is 0 Å². The Bertz CT molecular complexity index is 3350. The zero-order chi connectivity index (χ0) is 37.5. The molecule has 0 fully saturated rings. The number of rotatable bonds is 5. The van der Waals surface area contributed by atoms with Crippen molar-refractivity contribution in [2.75, 3.05) is 0 Å². The number of allylic oxidation sites excluding steroid dienone is 2. The lowest BCUT2D eigenvalue weighted by Crippen LogP contribution is -2.01. The first-order chi connectivity index (χ1) is 28.3. The van der Waals surface area contributed by atoms with E-state index in [1.54, 1.807) is 0 Å². The normalized spacial score (nSPS) is 13.4. The van der Waals surface area contributed by atoms with Crippen LogP contribution in [0.5, 0.6) is 0 Å². The molecular weight excluding hydrogens is 691 g/mol. The molecule has 57 heavy (non-hydrogen) atoms. The Kier molecular flexibility index (Phi) is 7.18. The molecule has 3 heterocycles. The summed E-state index contributed by atoms with van der Waals surface area (Å²) in [4.78, 5) is 0. The fourth-order valence-electron chi connectivity index (χ4n) is 9.90. The topological polar surface area (TPSA) is 14.8 Å². The highest BCUT2D eigenvalue weighted by molar-refractivity contribution is 6.18. The van der Waals surface area contributed by atoms with Crippen LogP contribution in [0.4, 0.5) is 0 Å². The average Bonchev–Trinajstić information content (AvgIpc) is 3.93. The number of fused-ring (bicyclic) bond motifs is 9. The Morgan fingerprint density at radius 1 is 0.351 bits per heavy atom. The van der Waals surface area contributed by atoms with E-state index in [0.29, 0.717) is 0 Å². The highest BCUT2D eigenvalue weighted by Gasteiger charge is 2.23. The quantitative estimate of drug-likeness (QED) is 0.168. The molecule has 0 radical (unpaired) electrons. The van der Waals surface area contributed by atoms with Crippen LogP contribution in [0.25, 0.3) is 99.2 Å². The lowest BCUT2D eigenvalue weighted by atomic mass is 9.91. The molecule has 0 saturated heterocycles. The summed E-state index contributed by atoms with van der Waals surface area (Å²) in [7, 11) is 0. The van der Waals surface area contributed by atoms with Gasteiger partial charge >= 0.3 is 0 Å². The minimum absolute atomic E-state index is 1.12. The van der Waals surface area contributed by atoms with E-state index in [9.17, 15) is 0 Å². The van der Waals surface area contributed by atoms with Gasteiger partial charge in [-0.25, -0.2) is 0 Å². The van der Waals surface area contributed by atoms with E-state index in [2.05, 4.69) is 202 Å². The Morgan fingerprint density at radius 3 is 1.60 bits per heavy atom. The van der Waals surface area contributed by atoms with Crippen molar-refractivity contribution in [1.82, 2.24) is 13.7 Å². The summed E-state index contributed by atoms with van der Waals surface area (Å²) in [6, 6.07) is 67.4. The summed E-state index contributed by atoms with van der Waals surface area (Å²) in [5.41, 5.74) is 16.0. The molecule has 0 spiro atoms. The van der Waals surface area contributed by atoms with Gasteiger partial charge in [0.15, 0.2) is 0 Å². The largest absolute Gasteiger partial charge is 0.309 e. The maximum absolute atomic E-state index is 2.54. The summed E-state index contributed by atoms with van der Waals surface area (Å²) in [6.07, 6.45) is 7.25. The monoisotopic (exact) mass is 729 g/mol. The van der Waals surface area contributed by atoms with Gasteiger partial charge in [0.25, 0.3) is 0 Å². The van der Waals surface area contributed by atoms with Gasteiger partial charge in [-0.05, 0) is 109 Å². The van der Waals surface area contributed by atoms with Crippen molar-refractivity contribution in [2.45, 2.75) is 25.7 Å². The van der Waals surface area contributed by atoms with Crippen LogP contribution in [0, 0.1) is 0 Å². The first-order valence-electron chi connectivity index (χ1n) is 20.3. The Hall–Kier alpha value is -7.10. The third-order valence-electron chi connectivity index (χ3n) is 12.4. The highest BCUT2D eigenvalue weighted by Crippen LogP contribution is 2.44. The van der Waals surface area contributed by atoms with Gasteiger partial charge in [-0.3, -0.25) is 0 Å². The summed E-state index contributed by atoms with van der Waals surface area (Å²) in [5.74, 6) is 0. The molecule has 1 aliphatic rings. The highest BCUT2D eigenvalue weighted by atomic mass is 15.1. The lowest BCUT2D eigenvalue weighted by molar-refractivity contribution is 0.742. The molecule has 0 saturated carbocycles. The van der Waals surface area contributed by atoms with Crippen LogP contribution in [0.15, 0.2) is 188 Å². The second-order valence-corrected chi connectivity index (χ2v) is 15.5. The molecular formula is C54H39N3. The maximum atomic E-state index is 2.54. The predicted octanol–water partition coefficient (Wildman–Crippen LogP) is 14.6. The SMILES string of the molecule is C1=C(c2cc(-c3ccccc3)cc(-n3c4ccccc4c4c(-n5c6ccccc6c6cccc(-n7c8ccccc8c8ccccc87)c65)cccc43)c2)CCCC1. The van der Waals surface area contributed by atoms with Gasteiger partial charge in [0, 0.05) is 38.0 Å². The van der Waals surface area contributed by atoms with E-state index >= 15 is 0 Å². The first-order valence-corrected chi connectivity index (χ1v) is 20.3. The van der Waals surface area contributed by atoms with Crippen molar-refractivity contribution in [3.8, 4) is 28.2 Å². The number of benzene rings is 8. The first kappa shape index (κ1) is 32.2. The number of hydrogen-bond acceptors (Lipinski definition) is 0. The van der Waals surface area contributed by atoms with Gasteiger partial charge in [0.05, 0.1) is 44.5 Å². The molecule has 1 aliphatic carbocycles. The minimum atomic E-state index is 1.12. The van der Waals surface area contributed by atoms with Crippen molar-refractivity contribution in [1.29, 1.82) is 0 Å². The molecule has 3 nitrogen and oxygen atoms in total. The van der Waals surface area contributed by atoms with Gasteiger partial charge < -0.3 is 13.7 Å². The molecule has 0 aliphatic heterocycles. The zero-order valence-electron chi connectivity index (χ0n) is 31.6. The number of hydrogen-bond donors (Lipinski definition) is 0. The van der Waals surface area contributed by atoms with Crippen LogP contribution in [-0.2, 0) is 0 Å². The predicted molar refractivity (Wildman–Crippen MR) is 241 cm³/mol. The van der Waals surface area contributed by atoms with Gasteiger partial charge in [0.2, 0.25) is 0 Å². The number of nitrogens with zero attached hydrogens (tertiary/aromatic N) is 3. The maximum Gasteiger partial charge on any atom is 0.0782 e. The van der Waals surface area contributed by atoms with E-state index in [0.717, 1.165) is 12.8 Å². The summed E-state index contributed by atoms with van der Waals surface area (Å²) in [5, 5.41) is 7.50. The fourth-order valence-corrected chi connectivity index (χ4v) is 9.90. The van der Waals surface area contributed by atoms with E-state index in [-0.39, 0.29) is 0 Å². The minimum Gasteiger partial charge on any atom is -0.309 e. The molecule has 0 bridgehead atoms. The van der Waals surface area contributed by atoms with Crippen molar-refractivity contribution in [3.05, 3.63) is 194 Å². The lowest BCUT2D eigenvalue weighted by Gasteiger charge is -2.18. The third-order valence-corrected chi connectivity index (χ3v) is 12.4. The molecule has 12 rings (SSSR count). The zero-order valence-corrected chi connectivity index (χ0v) is 31.6. The second-order valence-electron chi connectivity index (χ2n) is 15.5. The van der Waals surface area contributed by atoms with Gasteiger partial charge in [-0.2, -0.15) is 0 Å². The van der Waals surface area contributed by atoms with Gasteiger partial charge in [0.1, 0.15) is 0 Å².